The first-order valence-electron chi connectivity index (χ1n) is 6.78. The summed E-state index contributed by atoms with van der Waals surface area (Å²) in [5.74, 6) is -0.208. The van der Waals surface area contributed by atoms with Gasteiger partial charge in [0.2, 0.25) is 0 Å². The minimum Gasteiger partial charge on any atom is -0.349 e. The Morgan fingerprint density at radius 2 is 2.18 bits per heavy atom. The standard InChI is InChI=1S/C15H14ClN5O/c16-12-2-1-3-13(10-12)21-7-4-14(19-21)15(22)18-6-9-20-8-5-17-11-20/h1-5,7-8,10-11H,6,9H2,(H,18,22). The van der Waals surface area contributed by atoms with Gasteiger partial charge in [0, 0.05) is 36.7 Å². The molecule has 0 saturated heterocycles. The zero-order chi connectivity index (χ0) is 15.4. The zero-order valence-corrected chi connectivity index (χ0v) is 12.4. The van der Waals surface area contributed by atoms with Gasteiger partial charge in [0.1, 0.15) is 0 Å². The molecule has 0 atom stereocenters. The topological polar surface area (TPSA) is 64.7 Å². The number of carbonyl (C=O) groups excluding carboxylic acids is 1. The highest BCUT2D eigenvalue weighted by atomic mass is 35.5. The lowest BCUT2D eigenvalue weighted by Gasteiger charge is -2.04. The maximum Gasteiger partial charge on any atom is 0.271 e. The molecule has 0 spiro atoms. The van der Waals surface area contributed by atoms with Crippen molar-refractivity contribution in [1.82, 2.24) is 24.6 Å². The van der Waals surface area contributed by atoms with Crippen molar-refractivity contribution in [1.29, 1.82) is 0 Å². The van der Waals surface area contributed by atoms with Gasteiger partial charge < -0.3 is 9.88 Å². The summed E-state index contributed by atoms with van der Waals surface area (Å²) in [5.41, 5.74) is 1.18. The molecule has 0 unspecified atom stereocenters. The number of rotatable bonds is 5. The SMILES string of the molecule is O=C(NCCn1ccnc1)c1ccn(-c2cccc(Cl)c2)n1. The van der Waals surface area contributed by atoms with E-state index in [1.807, 2.05) is 22.9 Å². The lowest BCUT2D eigenvalue weighted by atomic mass is 10.3. The summed E-state index contributed by atoms with van der Waals surface area (Å²) in [7, 11) is 0. The molecule has 0 aliphatic rings. The molecule has 1 amide bonds. The summed E-state index contributed by atoms with van der Waals surface area (Å²) < 4.78 is 3.52. The molecule has 1 aromatic carbocycles. The minimum absolute atomic E-state index is 0.208. The van der Waals surface area contributed by atoms with Gasteiger partial charge in [-0.05, 0) is 24.3 Å². The molecule has 0 radical (unpaired) electrons. The second kappa shape index (κ2) is 6.44. The summed E-state index contributed by atoms with van der Waals surface area (Å²) in [5, 5.41) is 7.71. The van der Waals surface area contributed by atoms with Crippen LogP contribution < -0.4 is 5.32 Å². The van der Waals surface area contributed by atoms with E-state index in [-0.39, 0.29) is 5.91 Å². The van der Waals surface area contributed by atoms with Gasteiger partial charge in [-0.2, -0.15) is 5.10 Å². The van der Waals surface area contributed by atoms with Crippen LogP contribution >= 0.6 is 11.6 Å². The van der Waals surface area contributed by atoms with Crippen LogP contribution in [0.2, 0.25) is 5.02 Å². The van der Waals surface area contributed by atoms with Crippen LogP contribution in [0.3, 0.4) is 0 Å². The van der Waals surface area contributed by atoms with Crippen molar-refractivity contribution in [3.8, 4) is 5.69 Å². The molecule has 112 valence electrons. The summed E-state index contributed by atoms with van der Waals surface area (Å²) in [6.45, 7) is 1.18. The van der Waals surface area contributed by atoms with Crippen LogP contribution in [0, 0.1) is 0 Å². The third-order valence-electron chi connectivity index (χ3n) is 3.11. The lowest BCUT2D eigenvalue weighted by Crippen LogP contribution is -2.27. The van der Waals surface area contributed by atoms with Crippen molar-refractivity contribution in [3.63, 3.8) is 0 Å². The Morgan fingerprint density at radius 1 is 1.27 bits per heavy atom. The maximum atomic E-state index is 12.0. The highest BCUT2D eigenvalue weighted by Gasteiger charge is 2.09. The van der Waals surface area contributed by atoms with E-state index in [1.54, 1.807) is 41.6 Å². The Morgan fingerprint density at radius 3 is 2.95 bits per heavy atom. The fourth-order valence-corrected chi connectivity index (χ4v) is 2.20. The average Bonchev–Trinajstić information content (AvgIpc) is 3.19. The van der Waals surface area contributed by atoms with Gasteiger partial charge in [0.05, 0.1) is 12.0 Å². The van der Waals surface area contributed by atoms with E-state index in [2.05, 4.69) is 15.4 Å². The molecule has 1 N–H and O–H groups in total. The van der Waals surface area contributed by atoms with E-state index >= 15 is 0 Å². The Balaban J connectivity index is 1.62. The van der Waals surface area contributed by atoms with Crippen LogP contribution in [0.15, 0.2) is 55.2 Å². The molecule has 3 rings (SSSR count). The van der Waals surface area contributed by atoms with Crippen molar-refractivity contribution in [2.24, 2.45) is 0 Å². The number of imidazole rings is 1. The second-order valence-electron chi connectivity index (χ2n) is 4.68. The van der Waals surface area contributed by atoms with Crippen molar-refractivity contribution in [3.05, 3.63) is 66.0 Å². The first-order chi connectivity index (χ1) is 10.7. The van der Waals surface area contributed by atoms with E-state index in [9.17, 15) is 4.79 Å². The smallest absolute Gasteiger partial charge is 0.271 e. The number of hydrogen-bond acceptors (Lipinski definition) is 3. The van der Waals surface area contributed by atoms with Gasteiger partial charge in [0.25, 0.3) is 5.91 Å². The zero-order valence-electron chi connectivity index (χ0n) is 11.7. The third-order valence-corrected chi connectivity index (χ3v) is 3.34. The molecule has 0 fully saturated rings. The number of carbonyl (C=O) groups is 1. The number of aromatic nitrogens is 4. The van der Waals surface area contributed by atoms with Gasteiger partial charge in [-0.3, -0.25) is 4.79 Å². The Labute approximate surface area is 132 Å². The van der Waals surface area contributed by atoms with E-state index < -0.39 is 0 Å². The fraction of sp³-hybridized carbons (Fsp3) is 0.133. The number of amides is 1. The number of nitrogens with one attached hydrogen (secondary N) is 1. The van der Waals surface area contributed by atoms with Gasteiger partial charge in [-0.15, -0.1) is 0 Å². The van der Waals surface area contributed by atoms with Crippen molar-refractivity contribution in [2.75, 3.05) is 6.54 Å². The number of halogens is 1. The normalized spacial score (nSPS) is 10.6. The molecule has 22 heavy (non-hydrogen) atoms. The Bertz CT molecular complexity index is 766. The monoisotopic (exact) mass is 315 g/mol. The lowest BCUT2D eigenvalue weighted by molar-refractivity contribution is 0.0947. The molecule has 0 bridgehead atoms. The van der Waals surface area contributed by atoms with Crippen molar-refractivity contribution in [2.45, 2.75) is 6.54 Å². The van der Waals surface area contributed by atoms with Crippen LogP contribution in [-0.4, -0.2) is 31.8 Å². The van der Waals surface area contributed by atoms with Gasteiger partial charge in [-0.25, -0.2) is 9.67 Å². The van der Waals surface area contributed by atoms with Crippen LogP contribution in [-0.2, 0) is 6.54 Å². The second-order valence-corrected chi connectivity index (χ2v) is 5.12. The fourth-order valence-electron chi connectivity index (χ4n) is 2.02. The molecule has 2 heterocycles. The van der Waals surface area contributed by atoms with Crippen LogP contribution in [0.5, 0.6) is 0 Å². The van der Waals surface area contributed by atoms with Gasteiger partial charge in [0.15, 0.2) is 5.69 Å². The first-order valence-corrected chi connectivity index (χ1v) is 7.16. The quantitative estimate of drug-likeness (QED) is 0.784. The van der Waals surface area contributed by atoms with E-state index in [0.29, 0.717) is 23.8 Å². The molecular formula is C15H14ClN5O. The van der Waals surface area contributed by atoms with Crippen molar-refractivity contribution >= 4 is 17.5 Å². The maximum absolute atomic E-state index is 12.0. The molecule has 0 aliphatic heterocycles. The summed E-state index contributed by atoms with van der Waals surface area (Å²) >= 11 is 5.95. The third kappa shape index (κ3) is 3.35. The molecule has 7 heteroatoms. The van der Waals surface area contributed by atoms with E-state index in [0.717, 1.165) is 5.69 Å². The first kappa shape index (κ1) is 14.3. The number of benzene rings is 1. The van der Waals surface area contributed by atoms with Crippen LogP contribution in [0.25, 0.3) is 5.69 Å². The minimum atomic E-state index is -0.208. The van der Waals surface area contributed by atoms with Crippen molar-refractivity contribution < 1.29 is 4.79 Å². The highest BCUT2D eigenvalue weighted by Crippen LogP contribution is 2.14. The molecule has 0 aliphatic carbocycles. The molecule has 6 nitrogen and oxygen atoms in total. The average molecular weight is 316 g/mol. The highest BCUT2D eigenvalue weighted by molar-refractivity contribution is 6.30. The number of nitrogens with zero attached hydrogens (tertiary/aromatic N) is 4. The summed E-state index contributed by atoms with van der Waals surface area (Å²) in [6, 6.07) is 8.96. The van der Waals surface area contributed by atoms with Gasteiger partial charge in [-0.1, -0.05) is 17.7 Å². The largest absolute Gasteiger partial charge is 0.349 e. The molecule has 2 aromatic heterocycles. The molecular weight excluding hydrogens is 302 g/mol. The summed E-state index contributed by atoms with van der Waals surface area (Å²) in [6.07, 6.45) is 6.99. The predicted octanol–water partition coefficient (Wildman–Crippen LogP) is 2.15. The molecule has 3 aromatic rings. The Kier molecular flexibility index (Phi) is 4.20. The van der Waals surface area contributed by atoms with Gasteiger partial charge >= 0.3 is 0 Å². The summed E-state index contributed by atoms with van der Waals surface area (Å²) in [4.78, 5) is 16.0. The molecule has 0 saturated carbocycles. The predicted molar refractivity (Wildman–Crippen MR) is 83.1 cm³/mol. The van der Waals surface area contributed by atoms with Crippen LogP contribution in [0.4, 0.5) is 0 Å². The Hall–Kier alpha value is -2.60. The van der Waals surface area contributed by atoms with E-state index in [4.69, 9.17) is 11.6 Å². The van der Waals surface area contributed by atoms with Crippen LogP contribution in [0.1, 0.15) is 10.5 Å². The number of hydrogen-bond donors (Lipinski definition) is 1. The van der Waals surface area contributed by atoms with E-state index in [1.165, 1.54) is 0 Å².